The minimum atomic E-state index is -0.993. The van der Waals surface area contributed by atoms with Crippen LogP contribution < -0.4 is 15.8 Å². The summed E-state index contributed by atoms with van der Waals surface area (Å²) in [5.41, 5.74) is -1.48. The Labute approximate surface area is 195 Å². The molecule has 33 heavy (non-hydrogen) atoms. The monoisotopic (exact) mass is 480 g/mol. The summed E-state index contributed by atoms with van der Waals surface area (Å²) in [4.78, 5) is 40.0. The zero-order valence-electron chi connectivity index (χ0n) is 18.6. The molecular formula is C22H26ClFN4O5. The van der Waals surface area contributed by atoms with Crippen LogP contribution in [0.3, 0.4) is 0 Å². The number of hydrogen-bond acceptors (Lipinski definition) is 6. The zero-order chi connectivity index (χ0) is 24.3. The van der Waals surface area contributed by atoms with Crippen LogP contribution in [0.5, 0.6) is 5.75 Å². The summed E-state index contributed by atoms with van der Waals surface area (Å²) in [6.45, 7) is 0.571. The maximum atomic E-state index is 14.1. The molecule has 0 aliphatic carbocycles. The van der Waals surface area contributed by atoms with E-state index in [4.69, 9.17) is 16.3 Å². The number of hydrogen-bond donors (Lipinski definition) is 2. The third-order valence-corrected chi connectivity index (χ3v) is 5.98. The average molecular weight is 481 g/mol. The molecule has 0 bridgehead atoms. The van der Waals surface area contributed by atoms with Crippen LogP contribution in [-0.2, 0) is 11.3 Å². The van der Waals surface area contributed by atoms with Crippen molar-refractivity contribution < 1.29 is 23.8 Å². The van der Waals surface area contributed by atoms with Crippen LogP contribution >= 0.6 is 11.6 Å². The van der Waals surface area contributed by atoms with Gasteiger partial charge < -0.3 is 25.1 Å². The minimum absolute atomic E-state index is 0.0902. The summed E-state index contributed by atoms with van der Waals surface area (Å²) in [5.74, 6) is -2.90. The van der Waals surface area contributed by atoms with Gasteiger partial charge in [-0.05, 0) is 18.9 Å². The smallest absolute Gasteiger partial charge is 0.276 e. The molecule has 0 saturated heterocycles. The molecule has 2 heterocycles. The molecule has 1 aliphatic rings. The van der Waals surface area contributed by atoms with Crippen molar-refractivity contribution in [1.29, 1.82) is 0 Å². The van der Waals surface area contributed by atoms with E-state index in [0.717, 1.165) is 0 Å². The molecule has 0 fully saturated rings. The highest BCUT2D eigenvalue weighted by Gasteiger charge is 2.29. The first-order valence-corrected chi connectivity index (χ1v) is 10.7. The highest BCUT2D eigenvalue weighted by atomic mass is 35.5. The van der Waals surface area contributed by atoms with E-state index < -0.39 is 28.8 Å². The first-order valence-electron chi connectivity index (χ1n) is 10.3. The molecule has 2 aromatic rings. The van der Waals surface area contributed by atoms with Crippen LogP contribution in [-0.4, -0.2) is 66.9 Å². The minimum Gasteiger partial charge on any atom is -0.502 e. The number of aromatic hydroxyl groups is 1. The number of halogens is 2. The van der Waals surface area contributed by atoms with E-state index in [2.05, 4.69) is 5.32 Å². The molecule has 0 spiro atoms. The van der Waals surface area contributed by atoms with Crippen molar-refractivity contribution in [2.24, 2.45) is 0 Å². The van der Waals surface area contributed by atoms with E-state index in [-0.39, 0.29) is 34.5 Å². The second-order valence-electron chi connectivity index (χ2n) is 7.85. The number of nitrogens with zero attached hydrogens (tertiary/aromatic N) is 3. The van der Waals surface area contributed by atoms with Crippen LogP contribution in [0.2, 0.25) is 5.02 Å². The van der Waals surface area contributed by atoms with E-state index in [1.807, 2.05) is 0 Å². The fourth-order valence-corrected chi connectivity index (χ4v) is 3.81. The molecule has 1 aromatic carbocycles. The number of nitrogens with one attached hydrogen (secondary N) is 1. The Kier molecular flexibility index (Phi) is 7.60. The number of carbonyl (C=O) groups is 2. The molecule has 1 aromatic heterocycles. The van der Waals surface area contributed by atoms with Gasteiger partial charge in [-0.2, -0.15) is 0 Å². The summed E-state index contributed by atoms with van der Waals surface area (Å²) in [5, 5.41) is 14.6. The number of rotatable bonds is 4. The number of amides is 2. The topological polar surface area (TPSA) is 104 Å². The van der Waals surface area contributed by atoms with E-state index in [9.17, 15) is 23.9 Å². The number of ether oxygens (including phenoxy) is 1. The quantitative estimate of drug-likeness (QED) is 0.690. The van der Waals surface area contributed by atoms with Crippen molar-refractivity contribution in [3.8, 4) is 5.75 Å². The van der Waals surface area contributed by atoms with Gasteiger partial charge in [0.25, 0.3) is 11.8 Å². The lowest BCUT2D eigenvalue weighted by Crippen LogP contribution is -2.43. The lowest BCUT2D eigenvalue weighted by atomic mass is 10.1. The maximum absolute atomic E-state index is 14.1. The molecule has 1 unspecified atom stereocenters. The van der Waals surface area contributed by atoms with Gasteiger partial charge >= 0.3 is 0 Å². The number of aromatic nitrogens is 1. The van der Waals surface area contributed by atoms with Gasteiger partial charge in [-0.15, -0.1) is 0 Å². The molecule has 11 heteroatoms. The molecule has 2 N–H and O–H groups in total. The third kappa shape index (κ3) is 5.12. The van der Waals surface area contributed by atoms with Crippen LogP contribution in [0.1, 0.15) is 39.3 Å². The van der Waals surface area contributed by atoms with Crippen molar-refractivity contribution in [1.82, 2.24) is 14.9 Å². The number of methoxy groups -OCH3 is 1. The van der Waals surface area contributed by atoms with Crippen molar-refractivity contribution in [3.05, 3.63) is 62.3 Å². The molecule has 0 radical (unpaired) electrons. The highest BCUT2D eigenvalue weighted by molar-refractivity contribution is 6.30. The summed E-state index contributed by atoms with van der Waals surface area (Å²) in [6.07, 6.45) is 2.33. The van der Waals surface area contributed by atoms with E-state index in [0.29, 0.717) is 25.9 Å². The van der Waals surface area contributed by atoms with Gasteiger partial charge in [0, 0.05) is 52.6 Å². The average Bonchev–Trinajstić information content (AvgIpc) is 2.80. The van der Waals surface area contributed by atoms with Gasteiger partial charge in [0.2, 0.25) is 5.43 Å². The molecule has 178 valence electrons. The molecular weight excluding hydrogens is 455 g/mol. The van der Waals surface area contributed by atoms with Gasteiger partial charge in [0.05, 0.1) is 11.1 Å². The van der Waals surface area contributed by atoms with E-state index in [1.165, 1.54) is 34.0 Å². The van der Waals surface area contributed by atoms with Gasteiger partial charge in [0.1, 0.15) is 11.4 Å². The van der Waals surface area contributed by atoms with Crippen molar-refractivity contribution in [2.45, 2.75) is 25.5 Å². The van der Waals surface area contributed by atoms with E-state index in [1.54, 1.807) is 26.2 Å². The molecule has 0 saturated carbocycles. The lowest BCUT2D eigenvalue weighted by molar-refractivity contribution is 0.0632. The number of benzene rings is 1. The SMILES string of the molecule is COC1CCN(C)C(=O)c2c(O)c(=O)c(C(=O)NCc3cccc(Cl)c3F)cn2N(C)CC1. The van der Waals surface area contributed by atoms with Gasteiger partial charge in [-0.25, -0.2) is 4.39 Å². The van der Waals surface area contributed by atoms with Gasteiger partial charge in [-0.1, -0.05) is 23.7 Å². The van der Waals surface area contributed by atoms with Crippen molar-refractivity contribution in [2.75, 3.05) is 39.3 Å². The number of carbonyl (C=O) groups excluding carboxylic acids is 2. The molecule has 2 amide bonds. The highest BCUT2D eigenvalue weighted by Crippen LogP contribution is 2.20. The first kappa shape index (κ1) is 24.5. The predicted molar refractivity (Wildman–Crippen MR) is 121 cm³/mol. The maximum Gasteiger partial charge on any atom is 0.276 e. The Bertz CT molecular complexity index is 1120. The van der Waals surface area contributed by atoms with Gasteiger partial charge in [0.15, 0.2) is 11.4 Å². The molecule has 1 aliphatic heterocycles. The summed E-state index contributed by atoms with van der Waals surface area (Å²) >= 11 is 5.76. The van der Waals surface area contributed by atoms with Gasteiger partial charge in [-0.3, -0.25) is 19.1 Å². The predicted octanol–water partition coefficient (Wildman–Crippen LogP) is 1.72. The summed E-state index contributed by atoms with van der Waals surface area (Å²) < 4.78 is 20.9. The Morgan fingerprint density at radius 3 is 2.67 bits per heavy atom. The molecule has 1 atom stereocenters. The number of pyridine rings is 1. The normalized spacial score (nSPS) is 17.0. The first-order chi connectivity index (χ1) is 15.6. The molecule has 9 nitrogen and oxygen atoms in total. The Morgan fingerprint density at radius 1 is 1.27 bits per heavy atom. The Morgan fingerprint density at radius 2 is 1.97 bits per heavy atom. The van der Waals surface area contributed by atoms with Crippen molar-refractivity contribution in [3.63, 3.8) is 0 Å². The fourth-order valence-electron chi connectivity index (χ4n) is 3.61. The largest absolute Gasteiger partial charge is 0.502 e. The lowest BCUT2D eigenvalue weighted by Gasteiger charge is -2.31. The van der Waals surface area contributed by atoms with Crippen LogP contribution in [0, 0.1) is 5.82 Å². The molecule has 3 rings (SSSR count). The van der Waals surface area contributed by atoms with Crippen molar-refractivity contribution >= 4 is 23.4 Å². The second kappa shape index (κ2) is 10.2. The summed E-state index contributed by atoms with van der Waals surface area (Å²) in [6, 6.07) is 4.37. The third-order valence-electron chi connectivity index (χ3n) is 5.69. The van der Waals surface area contributed by atoms with E-state index >= 15 is 0 Å². The number of fused-ring (bicyclic) bond motifs is 1. The van der Waals surface area contributed by atoms with Crippen LogP contribution in [0.15, 0.2) is 29.2 Å². The van der Waals surface area contributed by atoms with Crippen LogP contribution in [0.4, 0.5) is 4.39 Å². The fraction of sp³-hybridized carbons (Fsp3) is 0.409. The second-order valence-corrected chi connectivity index (χ2v) is 8.26. The standard InChI is InChI=1S/C22H26ClFN4O5/c1-26-9-7-14(33-3)8-10-27(2)28-12-15(19(29)20(30)18(28)22(26)32)21(31)25-11-13-5-4-6-16(23)17(13)24/h4-6,12,14,30H,7-11H2,1-3H3,(H,25,31). The Hall–Kier alpha value is -3.11. The summed E-state index contributed by atoms with van der Waals surface area (Å²) in [7, 11) is 4.82. The Balaban J connectivity index is 1.98. The van der Waals surface area contributed by atoms with Crippen LogP contribution in [0.25, 0.3) is 0 Å². The zero-order valence-corrected chi connectivity index (χ0v) is 19.4.